The summed E-state index contributed by atoms with van der Waals surface area (Å²) in [5, 5.41) is 20.1. The number of rotatable bonds is 6. The molecule has 2 atom stereocenters. The first kappa shape index (κ1) is 30.2. The molecule has 0 saturated carbocycles. The molecule has 0 spiro atoms. The fourth-order valence-corrected chi connectivity index (χ4v) is 5.34. The molecule has 0 aliphatic carbocycles. The summed E-state index contributed by atoms with van der Waals surface area (Å²) in [6.07, 6.45) is 0.505. The molecule has 1 fully saturated rings. The van der Waals surface area contributed by atoms with E-state index in [1.165, 1.54) is 44.2 Å². The summed E-state index contributed by atoms with van der Waals surface area (Å²) >= 11 is 7.47. The van der Waals surface area contributed by atoms with Crippen LogP contribution in [0.3, 0.4) is 0 Å². The number of carbonyl (C=O) groups excluding carboxylic acids is 1. The third kappa shape index (κ3) is 9.39. The molecule has 3 aromatic rings. The molecule has 4 rings (SSSR count). The smallest absolute Gasteiger partial charge is 0.390 e. The first-order valence-electron chi connectivity index (χ1n) is 12.2. The van der Waals surface area contributed by atoms with Gasteiger partial charge in [0.05, 0.1) is 17.7 Å². The number of hydrogen-bond acceptors (Lipinski definition) is 7. The lowest BCUT2D eigenvalue weighted by atomic mass is 9.97. The Labute approximate surface area is 235 Å². The molecule has 1 aliphatic heterocycles. The average molecular weight is 574 g/mol. The van der Waals surface area contributed by atoms with Gasteiger partial charge < -0.3 is 10.5 Å². The SMILES string of the molecule is CC(C)(C)F.N#Cc1cc(F)cc(CC2CCN([C@@H](c3ccc(Cl)cc3)c3nc(C(=N)OC(N)=O)cs3)C2)c1. The van der Waals surface area contributed by atoms with Crippen LogP contribution < -0.4 is 5.73 Å². The van der Waals surface area contributed by atoms with Crippen molar-refractivity contribution in [3.05, 3.63) is 86.1 Å². The van der Waals surface area contributed by atoms with Gasteiger partial charge in [-0.1, -0.05) is 23.7 Å². The molecule has 1 unspecified atom stereocenters. The standard InChI is InChI=1S/C24H21ClFN5O2S.C4H9F/c25-18-3-1-17(2-4-18)21(23-30-20(13-34-23)22(28)33-24(29)32)31-6-5-14(12-31)7-15-8-16(11-27)10-19(26)9-15;1-4(2,3)5/h1-4,8-10,13-14,21,28H,5-7,12H2,(H2,29,32);1-3H3/t14?,21-;/m0./s1. The molecule has 1 aliphatic rings. The summed E-state index contributed by atoms with van der Waals surface area (Å²) in [6.45, 7) is 6.10. The van der Waals surface area contributed by atoms with E-state index < -0.39 is 23.5 Å². The summed E-state index contributed by atoms with van der Waals surface area (Å²) in [5.41, 5.74) is 6.37. The average Bonchev–Trinajstić information content (AvgIpc) is 3.49. The Morgan fingerprint density at radius 3 is 2.62 bits per heavy atom. The lowest BCUT2D eigenvalue weighted by Crippen LogP contribution is -2.28. The Morgan fingerprint density at radius 2 is 2.00 bits per heavy atom. The number of nitriles is 1. The molecule has 1 saturated heterocycles. The molecular formula is C28H30ClF2N5O2S. The van der Waals surface area contributed by atoms with Gasteiger partial charge in [-0.05, 0) is 87.5 Å². The molecule has 11 heteroatoms. The van der Waals surface area contributed by atoms with Gasteiger partial charge in [0, 0.05) is 16.9 Å². The van der Waals surface area contributed by atoms with E-state index in [1.54, 1.807) is 11.4 Å². The number of thiazole rings is 1. The van der Waals surface area contributed by atoms with Crippen molar-refractivity contribution >= 4 is 34.9 Å². The minimum Gasteiger partial charge on any atom is -0.390 e. The summed E-state index contributed by atoms with van der Waals surface area (Å²) in [7, 11) is 0. The van der Waals surface area contributed by atoms with Gasteiger partial charge in [0.2, 0.25) is 5.90 Å². The van der Waals surface area contributed by atoms with Gasteiger partial charge in [0.15, 0.2) is 0 Å². The second kappa shape index (κ2) is 13.1. The second-order valence-electron chi connectivity index (χ2n) is 10.2. The van der Waals surface area contributed by atoms with E-state index in [4.69, 9.17) is 28.0 Å². The topological polar surface area (TPSA) is 116 Å². The monoisotopic (exact) mass is 573 g/mol. The predicted molar refractivity (Wildman–Crippen MR) is 148 cm³/mol. The summed E-state index contributed by atoms with van der Waals surface area (Å²) in [5.74, 6) is -0.526. The summed E-state index contributed by atoms with van der Waals surface area (Å²) in [4.78, 5) is 17.8. The maximum Gasteiger partial charge on any atom is 0.411 e. The molecule has 2 aromatic carbocycles. The van der Waals surface area contributed by atoms with Gasteiger partial charge in [-0.3, -0.25) is 10.3 Å². The number of nitrogens with one attached hydrogen (secondary N) is 1. The van der Waals surface area contributed by atoms with Gasteiger partial charge >= 0.3 is 6.09 Å². The van der Waals surface area contributed by atoms with Crippen molar-refractivity contribution in [1.29, 1.82) is 10.7 Å². The molecule has 206 valence electrons. The maximum absolute atomic E-state index is 13.9. The zero-order valence-electron chi connectivity index (χ0n) is 21.9. The van der Waals surface area contributed by atoms with Gasteiger partial charge in [0.1, 0.15) is 22.2 Å². The minimum absolute atomic E-state index is 0.190. The van der Waals surface area contributed by atoms with Crippen LogP contribution in [0.25, 0.3) is 0 Å². The largest absolute Gasteiger partial charge is 0.411 e. The summed E-state index contributed by atoms with van der Waals surface area (Å²) in [6, 6.07) is 13.8. The van der Waals surface area contributed by atoms with Crippen LogP contribution >= 0.6 is 22.9 Å². The number of hydrogen-bond donors (Lipinski definition) is 2. The number of benzene rings is 2. The number of aromatic nitrogens is 1. The number of likely N-dealkylation sites (tertiary alicyclic amines) is 1. The third-order valence-electron chi connectivity index (χ3n) is 5.67. The second-order valence-corrected chi connectivity index (χ2v) is 11.5. The molecule has 2 heterocycles. The zero-order valence-corrected chi connectivity index (χ0v) is 23.5. The zero-order chi connectivity index (χ0) is 28.7. The number of halogens is 3. The Balaban J connectivity index is 0.000000771. The normalized spacial score (nSPS) is 16.1. The van der Waals surface area contributed by atoms with Crippen LogP contribution in [0.4, 0.5) is 13.6 Å². The predicted octanol–water partition coefficient (Wildman–Crippen LogP) is 6.64. The number of carbonyl (C=O) groups is 1. The van der Waals surface area contributed by atoms with Gasteiger partial charge in [0.25, 0.3) is 0 Å². The van der Waals surface area contributed by atoms with E-state index in [0.717, 1.165) is 35.6 Å². The van der Waals surface area contributed by atoms with Crippen LogP contribution in [0, 0.1) is 28.5 Å². The Kier molecular flexibility index (Phi) is 10.1. The number of alkyl halides is 1. The number of ether oxygens (including phenoxy) is 1. The van der Waals surface area contributed by atoms with Crippen LogP contribution in [0.1, 0.15) is 60.6 Å². The lowest BCUT2D eigenvalue weighted by molar-refractivity contribution is 0.207. The van der Waals surface area contributed by atoms with E-state index in [9.17, 15) is 13.6 Å². The Bertz CT molecular complexity index is 1350. The molecule has 0 radical (unpaired) electrons. The first-order chi connectivity index (χ1) is 18.3. The van der Waals surface area contributed by atoms with Crippen molar-refractivity contribution in [3.8, 4) is 6.07 Å². The van der Waals surface area contributed by atoms with Crippen molar-refractivity contribution < 1.29 is 18.3 Å². The van der Waals surface area contributed by atoms with Crippen molar-refractivity contribution in [2.45, 2.75) is 45.3 Å². The van der Waals surface area contributed by atoms with Gasteiger partial charge in [-0.2, -0.15) is 5.26 Å². The third-order valence-corrected chi connectivity index (χ3v) is 6.82. The highest BCUT2D eigenvalue weighted by atomic mass is 35.5. The van der Waals surface area contributed by atoms with E-state index in [1.807, 2.05) is 30.3 Å². The van der Waals surface area contributed by atoms with Crippen LogP contribution in [0.5, 0.6) is 0 Å². The molecule has 39 heavy (non-hydrogen) atoms. The fourth-order valence-electron chi connectivity index (χ4n) is 4.25. The Morgan fingerprint density at radius 1 is 1.33 bits per heavy atom. The summed E-state index contributed by atoms with van der Waals surface area (Å²) < 4.78 is 30.2. The van der Waals surface area contributed by atoms with E-state index in [-0.39, 0.29) is 17.7 Å². The molecule has 1 aromatic heterocycles. The molecule has 3 N–H and O–H groups in total. The van der Waals surface area contributed by atoms with Crippen LogP contribution in [0.2, 0.25) is 5.02 Å². The highest BCUT2D eigenvalue weighted by Gasteiger charge is 2.32. The van der Waals surface area contributed by atoms with Gasteiger partial charge in [-0.25, -0.2) is 18.6 Å². The number of nitrogens with zero attached hydrogens (tertiary/aromatic N) is 3. The Hall–Kier alpha value is -3.39. The highest BCUT2D eigenvalue weighted by molar-refractivity contribution is 7.10. The highest BCUT2D eigenvalue weighted by Crippen LogP contribution is 2.36. The molecular weight excluding hydrogens is 544 g/mol. The number of amides is 1. The van der Waals surface area contributed by atoms with Crippen LogP contribution in [0.15, 0.2) is 47.8 Å². The van der Waals surface area contributed by atoms with Crippen molar-refractivity contribution in [2.75, 3.05) is 13.1 Å². The van der Waals surface area contributed by atoms with Crippen molar-refractivity contribution in [2.24, 2.45) is 11.7 Å². The van der Waals surface area contributed by atoms with E-state index in [2.05, 4.69) is 14.6 Å². The van der Waals surface area contributed by atoms with Gasteiger partial charge in [-0.15, -0.1) is 11.3 Å². The van der Waals surface area contributed by atoms with Crippen LogP contribution in [-0.4, -0.2) is 40.6 Å². The quantitative estimate of drug-likeness (QED) is 0.253. The van der Waals surface area contributed by atoms with Crippen molar-refractivity contribution in [1.82, 2.24) is 9.88 Å². The minimum atomic E-state index is -1.06. The first-order valence-corrected chi connectivity index (χ1v) is 13.5. The van der Waals surface area contributed by atoms with E-state index >= 15 is 0 Å². The van der Waals surface area contributed by atoms with Crippen molar-refractivity contribution in [3.63, 3.8) is 0 Å². The molecule has 1 amide bonds. The van der Waals surface area contributed by atoms with Crippen LogP contribution in [-0.2, 0) is 11.2 Å². The molecule has 0 bridgehead atoms. The lowest BCUT2D eigenvalue weighted by Gasteiger charge is -2.27. The van der Waals surface area contributed by atoms with E-state index in [0.29, 0.717) is 17.0 Å². The molecule has 7 nitrogen and oxygen atoms in total. The number of primary amides is 1. The maximum atomic E-state index is 13.9. The number of nitrogens with two attached hydrogens (primary N) is 1. The fraction of sp³-hybridized carbons (Fsp3) is 0.357.